The number of morpholine rings is 1. The van der Waals surface area contributed by atoms with Crippen LogP contribution in [0.25, 0.3) is 0 Å². The summed E-state index contributed by atoms with van der Waals surface area (Å²) < 4.78 is 5.45. The average molecular weight is 314 g/mol. The van der Waals surface area contributed by atoms with Crippen LogP contribution in [0.3, 0.4) is 0 Å². The van der Waals surface area contributed by atoms with Crippen LogP contribution >= 0.6 is 11.6 Å². The molecule has 2 fully saturated rings. The van der Waals surface area contributed by atoms with Crippen LogP contribution in [0, 0.1) is 0 Å². The molecule has 0 spiro atoms. The van der Waals surface area contributed by atoms with E-state index in [4.69, 9.17) is 16.3 Å². The second-order valence-corrected chi connectivity index (χ2v) is 5.71. The van der Waals surface area contributed by atoms with Crippen molar-refractivity contribution in [2.45, 2.75) is 25.4 Å². The molecule has 0 aliphatic carbocycles. The molecule has 0 amide bonds. The highest BCUT2D eigenvalue weighted by molar-refractivity contribution is 6.28. The van der Waals surface area contributed by atoms with Crippen LogP contribution in [0.1, 0.15) is 19.3 Å². The van der Waals surface area contributed by atoms with Gasteiger partial charge in [-0.05, 0) is 30.9 Å². The van der Waals surface area contributed by atoms with E-state index in [1.165, 1.54) is 6.42 Å². The minimum Gasteiger partial charge on any atom is -0.394 e. The summed E-state index contributed by atoms with van der Waals surface area (Å²) >= 11 is 6.06. The van der Waals surface area contributed by atoms with Crippen LogP contribution < -0.4 is 9.80 Å². The normalized spacial score (nSPS) is 23.4. The molecule has 0 radical (unpaired) electrons. The summed E-state index contributed by atoms with van der Waals surface area (Å²) in [5.74, 6) is 1.22. The van der Waals surface area contributed by atoms with E-state index in [1.54, 1.807) is 0 Å². The van der Waals surface area contributed by atoms with Crippen LogP contribution in [-0.4, -0.2) is 65.6 Å². The zero-order valence-corrected chi connectivity index (χ0v) is 12.7. The number of rotatable bonds is 3. The lowest BCUT2D eigenvalue weighted by Crippen LogP contribution is -2.45. The van der Waals surface area contributed by atoms with Crippen molar-refractivity contribution in [2.24, 2.45) is 0 Å². The van der Waals surface area contributed by atoms with E-state index in [1.807, 2.05) is 4.90 Å². The van der Waals surface area contributed by atoms with Gasteiger partial charge in [-0.15, -0.1) is 0 Å². The number of aliphatic hydroxyl groups excluding tert-OH is 1. The standard InChI is InChI=1S/C13H20ClN5O2/c14-11-15-12(18-4-2-1-3-5-18)17-13(16-11)19-6-7-21-10(8-19)9-20/h10,20H,1-9H2. The van der Waals surface area contributed by atoms with Crippen molar-refractivity contribution in [1.29, 1.82) is 0 Å². The Kier molecular flexibility index (Phi) is 4.72. The van der Waals surface area contributed by atoms with E-state index in [-0.39, 0.29) is 18.0 Å². The van der Waals surface area contributed by atoms with Gasteiger partial charge in [0.15, 0.2) is 0 Å². The Morgan fingerprint density at radius 3 is 2.48 bits per heavy atom. The smallest absolute Gasteiger partial charge is 0.231 e. The Morgan fingerprint density at radius 1 is 1.05 bits per heavy atom. The first-order chi connectivity index (χ1) is 10.3. The van der Waals surface area contributed by atoms with Crippen LogP contribution in [-0.2, 0) is 4.74 Å². The third-order valence-electron chi connectivity index (χ3n) is 3.85. The highest BCUT2D eigenvalue weighted by Gasteiger charge is 2.24. The maximum atomic E-state index is 9.23. The summed E-state index contributed by atoms with van der Waals surface area (Å²) in [7, 11) is 0. The van der Waals surface area contributed by atoms with Gasteiger partial charge in [0.2, 0.25) is 17.2 Å². The largest absolute Gasteiger partial charge is 0.394 e. The highest BCUT2D eigenvalue weighted by atomic mass is 35.5. The molecule has 3 heterocycles. The zero-order chi connectivity index (χ0) is 14.7. The van der Waals surface area contributed by atoms with Crippen molar-refractivity contribution in [3.05, 3.63) is 5.28 Å². The second-order valence-electron chi connectivity index (χ2n) is 5.37. The quantitative estimate of drug-likeness (QED) is 0.881. The predicted octanol–water partition coefficient (Wildman–Crippen LogP) is 0.713. The van der Waals surface area contributed by atoms with Crippen molar-refractivity contribution in [2.75, 3.05) is 49.2 Å². The van der Waals surface area contributed by atoms with E-state index in [0.29, 0.717) is 31.6 Å². The summed E-state index contributed by atoms with van der Waals surface area (Å²) in [6, 6.07) is 0. The molecule has 2 aliphatic rings. The fraction of sp³-hybridized carbons (Fsp3) is 0.769. The first-order valence-corrected chi connectivity index (χ1v) is 7.78. The number of hydrogen-bond donors (Lipinski definition) is 1. The molecule has 0 bridgehead atoms. The Labute approximate surface area is 128 Å². The van der Waals surface area contributed by atoms with Gasteiger partial charge < -0.3 is 19.6 Å². The zero-order valence-electron chi connectivity index (χ0n) is 11.9. The molecule has 0 saturated carbocycles. The number of nitrogens with zero attached hydrogens (tertiary/aromatic N) is 5. The summed E-state index contributed by atoms with van der Waals surface area (Å²) in [4.78, 5) is 17.2. The molecule has 1 aromatic heterocycles. The lowest BCUT2D eigenvalue weighted by atomic mass is 10.1. The molecule has 8 heteroatoms. The Balaban J connectivity index is 1.80. The van der Waals surface area contributed by atoms with Gasteiger partial charge in [0.1, 0.15) is 0 Å². The van der Waals surface area contributed by atoms with E-state index in [9.17, 15) is 5.11 Å². The van der Waals surface area contributed by atoms with Crippen LogP contribution in [0.15, 0.2) is 0 Å². The second kappa shape index (κ2) is 6.72. The van der Waals surface area contributed by atoms with Gasteiger partial charge in [0, 0.05) is 26.2 Å². The Hall–Kier alpha value is -1.18. The van der Waals surface area contributed by atoms with Gasteiger partial charge in [0.25, 0.3) is 0 Å². The molecule has 21 heavy (non-hydrogen) atoms. The first-order valence-electron chi connectivity index (χ1n) is 7.40. The topological polar surface area (TPSA) is 74.6 Å². The van der Waals surface area contributed by atoms with Gasteiger partial charge in [-0.2, -0.15) is 15.0 Å². The molecule has 1 atom stereocenters. The average Bonchev–Trinajstić information content (AvgIpc) is 2.55. The summed E-state index contributed by atoms with van der Waals surface area (Å²) in [6.45, 7) is 3.72. The maximum Gasteiger partial charge on any atom is 0.231 e. The molecule has 116 valence electrons. The molecular weight excluding hydrogens is 294 g/mol. The predicted molar refractivity (Wildman–Crippen MR) is 79.9 cm³/mol. The number of anilines is 2. The van der Waals surface area contributed by atoms with Crippen molar-refractivity contribution in [3.8, 4) is 0 Å². The summed E-state index contributed by atoms with van der Waals surface area (Å²) in [5, 5.41) is 9.45. The summed E-state index contributed by atoms with van der Waals surface area (Å²) in [6.07, 6.45) is 3.36. The van der Waals surface area contributed by atoms with Gasteiger partial charge in [-0.1, -0.05) is 0 Å². The number of halogens is 1. The van der Waals surface area contributed by atoms with E-state index < -0.39 is 0 Å². The van der Waals surface area contributed by atoms with Crippen molar-refractivity contribution in [3.63, 3.8) is 0 Å². The third kappa shape index (κ3) is 3.53. The molecule has 1 aromatic rings. The number of piperidine rings is 1. The molecule has 3 rings (SSSR count). The molecule has 0 aromatic carbocycles. The molecule has 2 saturated heterocycles. The Morgan fingerprint density at radius 2 is 1.76 bits per heavy atom. The van der Waals surface area contributed by atoms with Gasteiger partial charge >= 0.3 is 0 Å². The SMILES string of the molecule is OCC1CN(c2nc(Cl)nc(N3CCCCC3)n2)CCO1. The lowest BCUT2D eigenvalue weighted by molar-refractivity contribution is 0.00313. The third-order valence-corrected chi connectivity index (χ3v) is 4.02. The van der Waals surface area contributed by atoms with Gasteiger partial charge in [0.05, 0.1) is 19.3 Å². The van der Waals surface area contributed by atoms with Gasteiger partial charge in [-0.3, -0.25) is 0 Å². The van der Waals surface area contributed by atoms with Gasteiger partial charge in [-0.25, -0.2) is 0 Å². The summed E-state index contributed by atoms with van der Waals surface area (Å²) in [5.41, 5.74) is 0. The van der Waals surface area contributed by atoms with Crippen molar-refractivity contribution in [1.82, 2.24) is 15.0 Å². The highest BCUT2D eigenvalue weighted by Crippen LogP contribution is 2.21. The van der Waals surface area contributed by atoms with Crippen molar-refractivity contribution < 1.29 is 9.84 Å². The first kappa shape index (κ1) is 14.7. The van der Waals surface area contributed by atoms with E-state index >= 15 is 0 Å². The van der Waals surface area contributed by atoms with Crippen LogP contribution in [0.2, 0.25) is 5.28 Å². The van der Waals surface area contributed by atoms with Crippen LogP contribution in [0.4, 0.5) is 11.9 Å². The number of hydrogen-bond acceptors (Lipinski definition) is 7. The molecule has 2 aliphatic heterocycles. The minimum absolute atomic E-state index is 0.00566. The maximum absolute atomic E-state index is 9.23. The minimum atomic E-state index is -0.201. The fourth-order valence-electron chi connectivity index (χ4n) is 2.72. The monoisotopic (exact) mass is 313 g/mol. The van der Waals surface area contributed by atoms with E-state index in [0.717, 1.165) is 25.9 Å². The molecule has 1 N–H and O–H groups in total. The lowest BCUT2D eigenvalue weighted by Gasteiger charge is -2.33. The van der Waals surface area contributed by atoms with E-state index in [2.05, 4.69) is 19.9 Å². The number of aliphatic hydroxyl groups is 1. The number of ether oxygens (including phenoxy) is 1. The fourth-order valence-corrected chi connectivity index (χ4v) is 2.87. The van der Waals surface area contributed by atoms with Crippen LogP contribution in [0.5, 0.6) is 0 Å². The number of aromatic nitrogens is 3. The molecule has 1 unspecified atom stereocenters. The molecule has 7 nitrogen and oxygen atoms in total. The Bertz CT molecular complexity index is 484. The molecular formula is C13H20ClN5O2. The van der Waals surface area contributed by atoms with Crippen molar-refractivity contribution >= 4 is 23.5 Å².